The van der Waals surface area contributed by atoms with Crippen LogP contribution >= 0.6 is 46.1 Å². The number of nitrogens with one attached hydrogen (secondary N) is 1. The third kappa shape index (κ3) is 3.25. The van der Waals surface area contributed by atoms with Crippen LogP contribution in [0.1, 0.15) is 10.4 Å². The Morgan fingerprint density at radius 2 is 1.95 bits per heavy atom. The van der Waals surface area contributed by atoms with Crippen molar-refractivity contribution in [2.75, 3.05) is 5.32 Å². The first-order valence-corrected chi connectivity index (χ1v) is 7.83. The van der Waals surface area contributed by atoms with E-state index >= 15 is 0 Å². The van der Waals surface area contributed by atoms with Crippen LogP contribution in [0.25, 0.3) is 10.8 Å². The highest BCUT2D eigenvalue weighted by Crippen LogP contribution is 2.31. The van der Waals surface area contributed by atoms with E-state index in [9.17, 15) is 4.79 Å². The van der Waals surface area contributed by atoms with Gasteiger partial charge in [-0.1, -0.05) is 39.9 Å². The lowest BCUT2D eigenvalue weighted by atomic mass is 10.2. The molecule has 5 nitrogen and oxygen atoms in total. The van der Waals surface area contributed by atoms with Gasteiger partial charge in [0.1, 0.15) is 0 Å². The zero-order valence-electron chi connectivity index (χ0n) is 10.6. The summed E-state index contributed by atoms with van der Waals surface area (Å²) in [6.07, 6.45) is 0. The van der Waals surface area contributed by atoms with Crippen LogP contribution in [0.3, 0.4) is 0 Å². The number of amides is 1. The summed E-state index contributed by atoms with van der Waals surface area (Å²) in [6.45, 7) is 0. The molecule has 0 saturated carbocycles. The number of nitrogens with zero attached hydrogens (tertiary/aromatic N) is 2. The van der Waals surface area contributed by atoms with Gasteiger partial charge in [0.2, 0.25) is 0 Å². The molecule has 9 heteroatoms. The van der Waals surface area contributed by atoms with Gasteiger partial charge in [-0.05, 0) is 30.3 Å². The molecule has 1 N–H and O–H groups in total. The first-order chi connectivity index (χ1) is 10.5. The Balaban J connectivity index is 1.80. The van der Waals surface area contributed by atoms with Gasteiger partial charge in [0, 0.05) is 5.02 Å². The summed E-state index contributed by atoms with van der Waals surface area (Å²) in [7, 11) is 0. The van der Waals surface area contributed by atoms with E-state index in [0.717, 1.165) is 0 Å². The lowest BCUT2D eigenvalue weighted by molar-refractivity contribution is 0.102. The second-order valence-corrected chi connectivity index (χ2v) is 6.65. The molecular formula is C13H6Cl3N3O2S. The van der Waals surface area contributed by atoms with Gasteiger partial charge in [-0.2, -0.15) is 0 Å². The number of hydrogen-bond acceptors (Lipinski definition) is 5. The highest BCUT2D eigenvalue weighted by Gasteiger charge is 2.16. The molecule has 1 amide bonds. The summed E-state index contributed by atoms with van der Waals surface area (Å²) in [4.78, 5) is 12.8. The fraction of sp³-hybridized carbons (Fsp3) is 0. The van der Waals surface area contributed by atoms with Gasteiger partial charge in [-0.15, -0.1) is 16.4 Å². The minimum atomic E-state index is -0.494. The molecule has 1 aromatic carbocycles. The average Bonchev–Trinajstić information content (AvgIpc) is 3.10. The van der Waals surface area contributed by atoms with Crippen molar-refractivity contribution < 1.29 is 9.21 Å². The Kier molecular flexibility index (Phi) is 4.35. The second-order valence-electron chi connectivity index (χ2n) is 4.09. The maximum absolute atomic E-state index is 12.1. The molecule has 0 radical (unpaired) electrons. The molecule has 0 spiro atoms. The van der Waals surface area contributed by atoms with E-state index in [1.807, 2.05) is 0 Å². The molecule has 3 aromatic rings. The zero-order valence-corrected chi connectivity index (χ0v) is 13.7. The Hall–Kier alpha value is -1.60. The number of thiophene rings is 1. The normalized spacial score (nSPS) is 10.7. The minimum absolute atomic E-state index is 0.0411. The predicted molar refractivity (Wildman–Crippen MR) is 87.0 cm³/mol. The average molecular weight is 375 g/mol. The highest BCUT2D eigenvalue weighted by molar-refractivity contribution is 7.19. The van der Waals surface area contributed by atoms with Gasteiger partial charge in [0.15, 0.2) is 0 Å². The van der Waals surface area contributed by atoms with Gasteiger partial charge in [0.25, 0.3) is 11.8 Å². The summed E-state index contributed by atoms with van der Waals surface area (Å²) in [5, 5.41) is 10.7. The van der Waals surface area contributed by atoms with Gasteiger partial charge in [-0.3, -0.25) is 10.1 Å². The van der Waals surface area contributed by atoms with E-state index < -0.39 is 5.91 Å². The van der Waals surface area contributed by atoms with Crippen molar-refractivity contribution in [1.29, 1.82) is 0 Å². The molecular weight excluding hydrogens is 369 g/mol. The molecule has 112 valence electrons. The van der Waals surface area contributed by atoms with E-state index in [2.05, 4.69) is 15.5 Å². The first kappa shape index (κ1) is 15.3. The number of anilines is 1. The van der Waals surface area contributed by atoms with Crippen LogP contribution in [0.15, 0.2) is 34.7 Å². The summed E-state index contributed by atoms with van der Waals surface area (Å²) in [5.41, 5.74) is 0.216. The van der Waals surface area contributed by atoms with Crippen molar-refractivity contribution in [3.8, 4) is 10.8 Å². The van der Waals surface area contributed by atoms with E-state index in [1.54, 1.807) is 18.2 Å². The Labute approximate surface area is 143 Å². The first-order valence-electron chi connectivity index (χ1n) is 5.88. The van der Waals surface area contributed by atoms with Crippen LogP contribution in [-0.2, 0) is 0 Å². The van der Waals surface area contributed by atoms with Crippen molar-refractivity contribution in [3.63, 3.8) is 0 Å². The third-order valence-electron chi connectivity index (χ3n) is 2.60. The molecule has 2 heterocycles. The fourth-order valence-corrected chi connectivity index (χ4v) is 2.98. The van der Waals surface area contributed by atoms with Crippen LogP contribution in [0.2, 0.25) is 14.4 Å². The number of benzene rings is 1. The van der Waals surface area contributed by atoms with Crippen molar-refractivity contribution in [3.05, 3.63) is 50.3 Å². The van der Waals surface area contributed by atoms with Crippen LogP contribution < -0.4 is 5.32 Å². The monoisotopic (exact) mass is 373 g/mol. The molecule has 0 aliphatic rings. The van der Waals surface area contributed by atoms with Crippen molar-refractivity contribution in [2.24, 2.45) is 0 Å². The van der Waals surface area contributed by atoms with E-state index in [1.165, 1.54) is 23.5 Å². The van der Waals surface area contributed by atoms with Crippen LogP contribution in [0, 0.1) is 0 Å². The molecule has 0 unspecified atom stereocenters. The molecule has 0 fully saturated rings. The fourth-order valence-electron chi connectivity index (χ4n) is 1.64. The van der Waals surface area contributed by atoms with Gasteiger partial charge in [0.05, 0.1) is 19.8 Å². The largest absolute Gasteiger partial charge is 0.402 e. The quantitative estimate of drug-likeness (QED) is 0.699. The zero-order chi connectivity index (χ0) is 15.7. The number of carbonyl (C=O) groups excluding carboxylic acids is 1. The lowest BCUT2D eigenvalue weighted by Crippen LogP contribution is -2.12. The number of rotatable bonds is 3. The Bertz CT molecular complexity index is 847. The van der Waals surface area contributed by atoms with E-state index in [0.29, 0.717) is 14.2 Å². The van der Waals surface area contributed by atoms with E-state index in [-0.39, 0.29) is 22.5 Å². The van der Waals surface area contributed by atoms with Gasteiger partial charge >= 0.3 is 6.01 Å². The molecule has 0 saturated heterocycles. The predicted octanol–water partition coefficient (Wildman–Crippen LogP) is 5.01. The molecule has 3 rings (SSSR count). The highest BCUT2D eigenvalue weighted by atomic mass is 35.5. The minimum Gasteiger partial charge on any atom is -0.402 e. The van der Waals surface area contributed by atoms with E-state index in [4.69, 9.17) is 39.2 Å². The van der Waals surface area contributed by atoms with Crippen LogP contribution in [0.4, 0.5) is 6.01 Å². The maximum Gasteiger partial charge on any atom is 0.322 e. The number of carbonyl (C=O) groups is 1. The second kappa shape index (κ2) is 6.26. The Morgan fingerprint density at radius 3 is 2.68 bits per heavy atom. The lowest BCUT2D eigenvalue weighted by Gasteiger charge is -2.03. The molecule has 0 aliphatic heterocycles. The number of hydrogen-bond donors (Lipinski definition) is 1. The maximum atomic E-state index is 12.1. The molecule has 22 heavy (non-hydrogen) atoms. The molecule has 0 bridgehead atoms. The smallest absolute Gasteiger partial charge is 0.322 e. The van der Waals surface area contributed by atoms with Crippen molar-refractivity contribution in [2.45, 2.75) is 0 Å². The van der Waals surface area contributed by atoms with Crippen molar-refractivity contribution >= 4 is 58.1 Å². The van der Waals surface area contributed by atoms with Crippen LogP contribution in [0.5, 0.6) is 0 Å². The number of aromatic nitrogens is 2. The standard InChI is InChI=1S/C13H6Cl3N3O2S/c14-6-1-2-8(15)7(5-6)11(20)17-13-19-18-12(21-13)9-3-4-10(16)22-9/h1-5H,(H,17,19,20). The van der Waals surface area contributed by atoms with Gasteiger partial charge in [-0.25, -0.2) is 0 Å². The molecule has 0 atom stereocenters. The summed E-state index contributed by atoms with van der Waals surface area (Å²) in [6, 6.07) is 8.00. The molecule has 2 aromatic heterocycles. The Morgan fingerprint density at radius 1 is 1.14 bits per heavy atom. The molecule has 0 aliphatic carbocycles. The topological polar surface area (TPSA) is 68.0 Å². The summed E-state index contributed by atoms with van der Waals surface area (Å²) in [5.74, 6) is -0.226. The van der Waals surface area contributed by atoms with Crippen LogP contribution in [-0.4, -0.2) is 16.1 Å². The third-order valence-corrected chi connectivity index (χ3v) is 4.39. The van der Waals surface area contributed by atoms with Gasteiger partial charge < -0.3 is 4.42 Å². The summed E-state index contributed by atoms with van der Waals surface area (Å²) < 4.78 is 5.97. The summed E-state index contributed by atoms with van der Waals surface area (Å²) >= 11 is 18.9. The number of halogens is 3. The SMILES string of the molecule is O=C(Nc1nnc(-c2ccc(Cl)s2)o1)c1cc(Cl)ccc1Cl. The van der Waals surface area contributed by atoms with Crippen molar-refractivity contribution in [1.82, 2.24) is 10.2 Å².